The number of halogens is 1. The molecule has 148 valence electrons. The Hall–Kier alpha value is -2.38. The van der Waals surface area contributed by atoms with Gasteiger partial charge >= 0.3 is 6.03 Å². The fourth-order valence-corrected chi connectivity index (χ4v) is 4.56. The van der Waals surface area contributed by atoms with Crippen molar-refractivity contribution in [3.63, 3.8) is 0 Å². The molecule has 2 N–H and O–H groups in total. The Morgan fingerprint density at radius 2 is 1.93 bits per heavy atom. The number of fused-ring (bicyclic) bond motifs is 1. The second kappa shape index (κ2) is 7.93. The van der Waals surface area contributed by atoms with Gasteiger partial charge in [0.15, 0.2) is 0 Å². The Morgan fingerprint density at radius 3 is 2.61 bits per heavy atom. The van der Waals surface area contributed by atoms with Crippen LogP contribution in [-0.2, 0) is 11.3 Å². The summed E-state index contributed by atoms with van der Waals surface area (Å²) in [7, 11) is 0. The second-order valence-corrected chi connectivity index (χ2v) is 8.11. The largest absolute Gasteiger partial charge is 0.344 e. The van der Waals surface area contributed by atoms with Crippen molar-refractivity contribution in [1.29, 1.82) is 0 Å². The molecule has 1 aromatic carbocycles. The van der Waals surface area contributed by atoms with E-state index in [9.17, 15) is 9.59 Å². The maximum absolute atomic E-state index is 12.7. The molecule has 1 saturated heterocycles. The molecule has 2 heterocycles. The molecule has 7 nitrogen and oxygen atoms in total. The summed E-state index contributed by atoms with van der Waals surface area (Å²) in [5, 5.41) is 11.1. The fourth-order valence-electron chi connectivity index (χ4n) is 4.36. The number of anilines is 1. The third-order valence-electron chi connectivity index (χ3n) is 5.66. The maximum Gasteiger partial charge on any atom is 0.344 e. The van der Waals surface area contributed by atoms with Crippen molar-refractivity contribution < 1.29 is 9.59 Å². The molecule has 0 bridgehead atoms. The number of carbonyl (C=O) groups is 2. The number of amides is 2. The number of hydrogen-bond donors (Lipinski definition) is 2. The predicted octanol–water partition coefficient (Wildman–Crippen LogP) is 2.96. The molecule has 1 aliphatic heterocycles. The Balaban J connectivity index is 1.29. The normalized spacial score (nSPS) is 23.6. The van der Waals surface area contributed by atoms with E-state index < -0.39 is 0 Å². The molecule has 0 spiro atoms. The maximum atomic E-state index is 12.7. The van der Waals surface area contributed by atoms with Crippen molar-refractivity contribution in [2.75, 3.05) is 18.4 Å². The van der Waals surface area contributed by atoms with Crippen molar-refractivity contribution in [1.82, 2.24) is 20.0 Å². The smallest absolute Gasteiger partial charge is 0.324 e. The number of rotatable bonds is 4. The zero-order valence-electron chi connectivity index (χ0n) is 15.8. The van der Waals surface area contributed by atoms with Crippen LogP contribution in [0.1, 0.15) is 25.3 Å². The van der Waals surface area contributed by atoms with Gasteiger partial charge in [0.05, 0.1) is 18.1 Å². The van der Waals surface area contributed by atoms with Crippen LogP contribution >= 0.6 is 11.6 Å². The van der Waals surface area contributed by atoms with Crippen LogP contribution in [0, 0.1) is 11.8 Å². The lowest BCUT2D eigenvalue weighted by Gasteiger charge is -2.19. The van der Waals surface area contributed by atoms with Crippen molar-refractivity contribution in [3.8, 4) is 0 Å². The lowest BCUT2D eigenvalue weighted by atomic mass is 10.0. The quantitative estimate of drug-likeness (QED) is 0.825. The third-order valence-corrected chi connectivity index (χ3v) is 6.03. The highest BCUT2D eigenvalue weighted by Gasteiger charge is 2.42. The van der Waals surface area contributed by atoms with Gasteiger partial charge in [0, 0.05) is 37.6 Å². The van der Waals surface area contributed by atoms with Gasteiger partial charge in [0.25, 0.3) is 0 Å². The highest BCUT2D eigenvalue weighted by Crippen LogP contribution is 2.38. The first-order valence-corrected chi connectivity index (χ1v) is 9.95. The Morgan fingerprint density at radius 1 is 1.21 bits per heavy atom. The van der Waals surface area contributed by atoms with Crippen molar-refractivity contribution >= 4 is 29.2 Å². The van der Waals surface area contributed by atoms with E-state index in [-0.39, 0.29) is 11.9 Å². The van der Waals surface area contributed by atoms with Gasteiger partial charge in [-0.3, -0.25) is 4.79 Å². The van der Waals surface area contributed by atoms with Crippen LogP contribution in [0.3, 0.4) is 0 Å². The summed E-state index contributed by atoms with van der Waals surface area (Å²) in [5.74, 6) is 0.842. The van der Waals surface area contributed by atoms with Crippen LogP contribution in [0.2, 0.25) is 5.02 Å². The molecule has 1 aromatic heterocycles. The van der Waals surface area contributed by atoms with Crippen LogP contribution in [0.15, 0.2) is 36.7 Å². The van der Waals surface area contributed by atoms with Gasteiger partial charge in [-0.25, -0.2) is 4.79 Å². The first-order chi connectivity index (χ1) is 13.5. The van der Waals surface area contributed by atoms with Gasteiger partial charge in [0.1, 0.15) is 0 Å². The number of aromatic nitrogens is 2. The van der Waals surface area contributed by atoms with E-state index in [2.05, 4.69) is 15.7 Å². The number of likely N-dealkylation sites (tertiary alicyclic amines) is 1. The average Bonchev–Trinajstić information content (AvgIpc) is 3.34. The van der Waals surface area contributed by atoms with Crippen molar-refractivity contribution in [2.45, 2.75) is 32.4 Å². The summed E-state index contributed by atoms with van der Waals surface area (Å²) in [6.45, 7) is 3.70. The van der Waals surface area contributed by atoms with E-state index in [1.807, 2.05) is 29.2 Å². The number of benzene rings is 1. The molecule has 0 unspecified atom stereocenters. The van der Waals surface area contributed by atoms with Crippen LogP contribution in [0.5, 0.6) is 0 Å². The summed E-state index contributed by atoms with van der Waals surface area (Å²) in [6.07, 6.45) is 5.18. The fraction of sp³-hybridized carbons (Fsp3) is 0.450. The summed E-state index contributed by atoms with van der Waals surface area (Å²) in [6, 6.07) is 8.23. The minimum absolute atomic E-state index is 0.133. The van der Waals surface area contributed by atoms with E-state index in [0.29, 0.717) is 23.6 Å². The van der Waals surface area contributed by atoms with Crippen LogP contribution < -0.4 is 10.6 Å². The van der Waals surface area contributed by atoms with E-state index in [4.69, 9.17) is 11.6 Å². The van der Waals surface area contributed by atoms with Crippen molar-refractivity contribution in [2.24, 2.45) is 11.8 Å². The van der Waals surface area contributed by atoms with Crippen LogP contribution in [0.4, 0.5) is 10.5 Å². The first-order valence-electron chi connectivity index (χ1n) is 9.58. The zero-order valence-corrected chi connectivity index (χ0v) is 16.5. The summed E-state index contributed by atoms with van der Waals surface area (Å²) in [5.41, 5.74) is 1.65. The molecular formula is C20H24ClN5O2. The van der Waals surface area contributed by atoms with E-state index in [1.54, 1.807) is 6.20 Å². The summed E-state index contributed by atoms with van der Waals surface area (Å²) in [4.78, 5) is 25.7. The number of carbonyl (C=O) groups excluding carboxylic acids is 2. The molecule has 28 heavy (non-hydrogen) atoms. The highest BCUT2D eigenvalue weighted by molar-refractivity contribution is 6.31. The number of nitrogens with zero attached hydrogens (tertiary/aromatic N) is 3. The molecule has 3 atom stereocenters. The first kappa shape index (κ1) is 19.0. The topological polar surface area (TPSA) is 79.3 Å². The van der Waals surface area contributed by atoms with Gasteiger partial charge in [-0.2, -0.15) is 9.78 Å². The summed E-state index contributed by atoms with van der Waals surface area (Å²) >= 11 is 6.23. The molecule has 8 heteroatoms. The second-order valence-electron chi connectivity index (χ2n) is 7.70. The molecule has 1 aliphatic carbocycles. The molecular weight excluding hydrogens is 378 g/mol. The molecule has 0 radical (unpaired) electrons. The lowest BCUT2D eigenvalue weighted by Crippen LogP contribution is -2.35. The summed E-state index contributed by atoms with van der Waals surface area (Å²) < 4.78 is 1.31. The number of nitrogens with one attached hydrogen (secondary N) is 2. The van der Waals surface area contributed by atoms with Crippen molar-refractivity contribution in [3.05, 3.63) is 47.2 Å². The number of hydrogen-bond acceptors (Lipinski definition) is 4. The molecule has 2 aromatic rings. The van der Waals surface area contributed by atoms with Gasteiger partial charge < -0.3 is 15.5 Å². The Labute approximate surface area is 169 Å². The molecule has 4 rings (SSSR count). The third kappa shape index (κ3) is 4.05. The standard InChI is InChI=1S/C20H24ClN5O2/c1-13(27)24-18-9-23-26(12-18)20(28)25-10-15-6-17(7-16(15)11-25)22-8-14-4-2-3-5-19(14)21/h2-5,9,12,15-17,22H,6-8,10-11H2,1H3,(H,24,27)/t15-,16+,17-. The molecule has 2 aliphatic rings. The minimum Gasteiger partial charge on any atom is -0.324 e. The van der Waals surface area contributed by atoms with E-state index in [0.717, 1.165) is 43.1 Å². The van der Waals surface area contributed by atoms with Gasteiger partial charge in [-0.05, 0) is 36.3 Å². The van der Waals surface area contributed by atoms with Gasteiger partial charge in [0.2, 0.25) is 5.91 Å². The lowest BCUT2D eigenvalue weighted by molar-refractivity contribution is -0.114. The molecule has 1 saturated carbocycles. The Bertz CT molecular complexity index is 869. The predicted molar refractivity (Wildman–Crippen MR) is 107 cm³/mol. The SMILES string of the molecule is CC(=O)Nc1cnn(C(=O)N2C[C@H]3C[C@@H](NCc4ccccc4Cl)C[C@H]3C2)c1. The van der Waals surface area contributed by atoms with Crippen LogP contribution in [0.25, 0.3) is 0 Å². The average molecular weight is 402 g/mol. The highest BCUT2D eigenvalue weighted by atomic mass is 35.5. The minimum atomic E-state index is -0.182. The monoisotopic (exact) mass is 401 g/mol. The molecule has 2 fully saturated rings. The van der Waals surface area contributed by atoms with E-state index in [1.165, 1.54) is 17.8 Å². The van der Waals surface area contributed by atoms with Crippen LogP contribution in [-0.4, -0.2) is 45.8 Å². The zero-order chi connectivity index (χ0) is 19.7. The Kier molecular flexibility index (Phi) is 5.37. The van der Waals surface area contributed by atoms with Gasteiger partial charge in [-0.1, -0.05) is 29.8 Å². The van der Waals surface area contributed by atoms with Gasteiger partial charge in [-0.15, -0.1) is 0 Å². The molecule has 2 amide bonds. The van der Waals surface area contributed by atoms with E-state index >= 15 is 0 Å².